The van der Waals surface area contributed by atoms with Crippen LogP contribution in [0.2, 0.25) is 5.02 Å². The summed E-state index contributed by atoms with van der Waals surface area (Å²) in [5.41, 5.74) is 6.27. The lowest BCUT2D eigenvalue weighted by molar-refractivity contribution is -0.147. The Hall–Kier alpha value is -2.06. The highest BCUT2D eigenvalue weighted by molar-refractivity contribution is 9.10. The number of halogens is 2. The van der Waals surface area contributed by atoms with Crippen molar-refractivity contribution < 1.29 is 14.4 Å². The molecule has 0 fully saturated rings. The molecule has 9 heteroatoms. The molecule has 1 aromatic heterocycles. The van der Waals surface area contributed by atoms with Crippen molar-refractivity contribution in [2.45, 2.75) is 13.0 Å². The number of benzene rings is 1. The molecule has 23 heavy (non-hydrogen) atoms. The third kappa shape index (κ3) is 4.23. The minimum atomic E-state index is -0.654. The highest BCUT2D eigenvalue weighted by Crippen LogP contribution is 2.22. The summed E-state index contributed by atoms with van der Waals surface area (Å²) < 4.78 is 7.36. The van der Waals surface area contributed by atoms with Crippen LogP contribution in [0.4, 0.5) is 0 Å². The molecular weight excluding hydrogens is 388 g/mol. The number of carbonyl (C=O) groups is 1. The Morgan fingerprint density at radius 2 is 2.26 bits per heavy atom. The zero-order chi connectivity index (χ0) is 17.0. The van der Waals surface area contributed by atoms with Crippen molar-refractivity contribution in [2.75, 3.05) is 7.11 Å². The molecule has 1 unspecified atom stereocenters. The van der Waals surface area contributed by atoms with Gasteiger partial charge >= 0.3 is 5.97 Å². The van der Waals surface area contributed by atoms with Crippen molar-refractivity contribution in [3.05, 3.63) is 45.7 Å². The Morgan fingerprint density at radius 3 is 2.87 bits per heavy atom. The van der Waals surface area contributed by atoms with Crippen LogP contribution < -0.4 is 10.5 Å². The molecule has 0 bridgehead atoms. The van der Waals surface area contributed by atoms with E-state index in [1.165, 1.54) is 11.8 Å². The monoisotopic (exact) mass is 400 g/mol. The van der Waals surface area contributed by atoms with Gasteiger partial charge in [0.25, 0.3) is 0 Å². The van der Waals surface area contributed by atoms with Gasteiger partial charge < -0.3 is 15.3 Å². The fraction of sp³-hybridized carbons (Fsp3) is 0.214. The number of amidine groups is 1. The predicted molar refractivity (Wildman–Crippen MR) is 89.5 cm³/mol. The van der Waals surface area contributed by atoms with Gasteiger partial charge in [0.05, 0.1) is 23.3 Å². The summed E-state index contributed by atoms with van der Waals surface area (Å²) in [6.07, 6.45) is 3.22. The number of carbonyl (C=O) groups excluding carboxylic acids is 1. The Bertz CT molecular complexity index is 747. The number of nitrogens with two attached hydrogens (primary N) is 1. The maximum atomic E-state index is 12.0. The molecule has 2 aromatic rings. The maximum Gasteiger partial charge on any atom is 0.359 e. The molecule has 0 aliphatic carbocycles. The van der Waals surface area contributed by atoms with Crippen molar-refractivity contribution in [3.8, 4) is 5.75 Å². The van der Waals surface area contributed by atoms with Gasteiger partial charge in [-0.25, -0.2) is 4.79 Å². The van der Waals surface area contributed by atoms with Crippen LogP contribution in [0.15, 0.2) is 40.2 Å². The average molecular weight is 402 g/mol. The summed E-state index contributed by atoms with van der Waals surface area (Å²) in [5.74, 6) is -0.160. The Kier molecular flexibility index (Phi) is 5.62. The Labute approximate surface area is 146 Å². The first kappa shape index (κ1) is 17.3. The van der Waals surface area contributed by atoms with E-state index in [-0.39, 0.29) is 5.84 Å². The van der Waals surface area contributed by atoms with Gasteiger partial charge in [-0.3, -0.25) is 4.68 Å². The SMILES string of the molecule is COc1ccc(Cl)cc1/C(N)=N/OC(=O)C(C)n1cc(Br)cn1. The lowest BCUT2D eigenvalue weighted by Gasteiger charge is -2.10. The quantitative estimate of drug-likeness (QED) is 0.360. The number of oxime groups is 1. The number of hydrogen-bond donors (Lipinski definition) is 1. The van der Waals surface area contributed by atoms with E-state index in [4.69, 9.17) is 26.9 Å². The third-order valence-electron chi connectivity index (χ3n) is 2.98. The predicted octanol–water partition coefficient (Wildman–Crippen LogP) is 2.73. The first-order chi connectivity index (χ1) is 10.9. The number of rotatable bonds is 5. The molecule has 2 N–H and O–H groups in total. The number of hydrogen-bond acceptors (Lipinski definition) is 5. The minimum Gasteiger partial charge on any atom is -0.496 e. The molecule has 7 nitrogen and oxygen atoms in total. The number of methoxy groups -OCH3 is 1. The molecule has 1 heterocycles. The van der Waals surface area contributed by atoms with Gasteiger partial charge in [-0.2, -0.15) is 5.10 Å². The highest BCUT2D eigenvalue weighted by atomic mass is 79.9. The highest BCUT2D eigenvalue weighted by Gasteiger charge is 2.18. The summed E-state index contributed by atoms with van der Waals surface area (Å²) in [6.45, 7) is 1.63. The van der Waals surface area contributed by atoms with Crippen molar-refractivity contribution in [2.24, 2.45) is 10.9 Å². The second kappa shape index (κ2) is 7.47. The molecule has 1 aromatic carbocycles. The van der Waals surface area contributed by atoms with Crippen molar-refractivity contribution >= 4 is 39.3 Å². The van der Waals surface area contributed by atoms with Crippen LogP contribution in [0, 0.1) is 0 Å². The first-order valence-electron chi connectivity index (χ1n) is 6.50. The first-order valence-corrected chi connectivity index (χ1v) is 7.67. The molecule has 122 valence electrons. The van der Waals surface area contributed by atoms with E-state index in [2.05, 4.69) is 26.2 Å². The van der Waals surface area contributed by atoms with Crippen molar-refractivity contribution in [1.29, 1.82) is 0 Å². The third-order valence-corrected chi connectivity index (χ3v) is 3.62. The fourth-order valence-electron chi connectivity index (χ4n) is 1.73. The molecule has 0 saturated carbocycles. The van der Waals surface area contributed by atoms with Gasteiger partial charge in [-0.15, -0.1) is 0 Å². The summed E-state index contributed by atoms with van der Waals surface area (Å²) in [4.78, 5) is 16.9. The molecule has 0 spiro atoms. The minimum absolute atomic E-state index is 0.0217. The van der Waals surface area contributed by atoms with Gasteiger partial charge in [0.2, 0.25) is 0 Å². The van der Waals surface area contributed by atoms with Gasteiger partial charge in [0.15, 0.2) is 5.84 Å². The van der Waals surface area contributed by atoms with E-state index < -0.39 is 12.0 Å². The normalized spacial score (nSPS) is 12.8. The molecule has 0 aliphatic heterocycles. The van der Waals surface area contributed by atoms with Crippen molar-refractivity contribution in [3.63, 3.8) is 0 Å². The topological polar surface area (TPSA) is 91.7 Å². The smallest absolute Gasteiger partial charge is 0.359 e. The van der Waals surface area contributed by atoms with Crippen LogP contribution in [0.1, 0.15) is 18.5 Å². The molecule has 0 radical (unpaired) electrons. The van der Waals surface area contributed by atoms with E-state index >= 15 is 0 Å². The van der Waals surface area contributed by atoms with Crippen molar-refractivity contribution in [1.82, 2.24) is 9.78 Å². The maximum absolute atomic E-state index is 12.0. The lowest BCUT2D eigenvalue weighted by Crippen LogP contribution is -2.21. The van der Waals surface area contributed by atoms with Crippen LogP contribution in [-0.2, 0) is 9.63 Å². The Morgan fingerprint density at radius 1 is 1.52 bits per heavy atom. The van der Waals surface area contributed by atoms with E-state index in [0.717, 1.165) is 4.47 Å². The standard InChI is InChI=1S/C14H14BrClN4O3/c1-8(20-7-9(15)6-18-20)14(21)23-19-13(17)11-5-10(16)3-4-12(11)22-2/h3-8H,1-2H3,(H2,17,19). The summed E-state index contributed by atoms with van der Waals surface area (Å²) in [6, 6.07) is 4.22. The van der Waals surface area contributed by atoms with Crippen LogP contribution in [0.5, 0.6) is 5.75 Å². The zero-order valence-corrected chi connectivity index (χ0v) is 14.7. The summed E-state index contributed by atoms with van der Waals surface area (Å²) >= 11 is 9.18. The van der Waals surface area contributed by atoms with Gasteiger partial charge in [0, 0.05) is 11.2 Å². The molecule has 0 saturated heterocycles. The van der Waals surface area contributed by atoms with Crippen LogP contribution in [-0.4, -0.2) is 28.7 Å². The number of aromatic nitrogens is 2. The second-order valence-corrected chi connectivity index (χ2v) is 5.90. The van der Waals surface area contributed by atoms with Crippen LogP contribution >= 0.6 is 27.5 Å². The molecular formula is C14H14BrClN4O3. The van der Waals surface area contributed by atoms with Gasteiger partial charge in [0.1, 0.15) is 11.8 Å². The largest absolute Gasteiger partial charge is 0.496 e. The van der Waals surface area contributed by atoms with E-state index in [1.54, 1.807) is 37.5 Å². The van der Waals surface area contributed by atoms with Gasteiger partial charge in [-0.1, -0.05) is 16.8 Å². The lowest BCUT2D eigenvalue weighted by atomic mass is 10.2. The number of ether oxygens (including phenoxy) is 1. The van der Waals surface area contributed by atoms with Crippen LogP contribution in [0.3, 0.4) is 0 Å². The molecule has 0 amide bonds. The van der Waals surface area contributed by atoms with E-state index in [0.29, 0.717) is 16.3 Å². The summed E-state index contributed by atoms with van der Waals surface area (Å²) in [7, 11) is 1.49. The average Bonchev–Trinajstić information content (AvgIpc) is 2.97. The zero-order valence-electron chi connectivity index (χ0n) is 12.4. The van der Waals surface area contributed by atoms with Crippen LogP contribution in [0.25, 0.3) is 0 Å². The van der Waals surface area contributed by atoms with E-state index in [9.17, 15) is 4.79 Å². The summed E-state index contributed by atoms with van der Waals surface area (Å²) in [5, 5.41) is 8.12. The molecule has 2 rings (SSSR count). The second-order valence-electron chi connectivity index (χ2n) is 4.55. The van der Waals surface area contributed by atoms with Gasteiger partial charge in [-0.05, 0) is 41.1 Å². The molecule has 1 atom stereocenters. The Balaban J connectivity index is 2.13. The van der Waals surface area contributed by atoms with E-state index in [1.807, 2.05) is 0 Å². The molecule has 0 aliphatic rings. The number of nitrogens with zero attached hydrogens (tertiary/aromatic N) is 3. The fourth-order valence-corrected chi connectivity index (χ4v) is 2.21.